The molecule has 0 atom stereocenters. The number of carbonyl (C=O) groups is 1. The highest BCUT2D eigenvalue weighted by atomic mass is 32.2. The van der Waals surface area contributed by atoms with Crippen LogP contribution in [0.3, 0.4) is 0 Å². The molecule has 1 aliphatic heterocycles. The van der Waals surface area contributed by atoms with Crippen LogP contribution in [0.4, 0.5) is 5.95 Å². The summed E-state index contributed by atoms with van der Waals surface area (Å²) in [5.41, 5.74) is 9.92. The fourth-order valence-electron chi connectivity index (χ4n) is 2.88. The lowest BCUT2D eigenvalue weighted by atomic mass is 10.0. The monoisotopic (exact) mass is 379 g/mol. The molecule has 7 nitrogen and oxygen atoms in total. The summed E-state index contributed by atoms with van der Waals surface area (Å²) in [7, 11) is 0. The number of anilines is 1. The van der Waals surface area contributed by atoms with Gasteiger partial charge >= 0.3 is 5.97 Å². The molecule has 1 aliphatic rings. The molecule has 27 heavy (non-hydrogen) atoms. The van der Waals surface area contributed by atoms with Gasteiger partial charge in [0.25, 0.3) is 0 Å². The zero-order chi connectivity index (χ0) is 18.8. The van der Waals surface area contributed by atoms with Gasteiger partial charge in [0, 0.05) is 23.8 Å². The first-order valence-corrected chi connectivity index (χ1v) is 9.39. The Morgan fingerprint density at radius 3 is 2.74 bits per heavy atom. The summed E-state index contributed by atoms with van der Waals surface area (Å²) in [4.78, 5) is 25.1. The largest absolute Gasteiger partial charge is 0.369 e. The minimum Gasteiger partial charge on any atom is -0.369 e. The molecule has 0 radical (unpaired) electrons. The number of aliphatic imine (C=N–C) groups is 1. The number of rotatable bonds is 3. The van der Waals surface area contributed by atoms with Gasteiger partial charge in [-0.05, 0) is 12.1 Å². The molecule has 2 aromatic carbocycles. The van der Waals surface area contributed by atoms with Crippen molar-refractivity contribution in [2.45, 2.75) is 6.92 Å². The molecular weight excluding hydrogens is 362 g/mol. The van der Waals surface area contributed by atoms with Gasteiger partial charge in [-0.1, -0.05) is 53.3 Å². The Balaban J connectivity index is 1.86. The molecular formula is C19H17N5O2S. The van der Waals surface area contributed by atoms with E-state index in [1.807, 2.05) is 53.1 Å². The van der Waals surface area contributed by atoms with Crippen molar-refractivity contribution in [3.63, 3.8) is 0 Å². The SMILES string of the molecule is CC(=O)O/N=C(/c1ccccc1)c1ccc2nc(N)n(C3=NCCS3)c2c1. The molecule has 2 heterocycles. The van der Waals surface area contributed by atoms with E-state index in [1.165, 1.54) is 6.92 Å². The van der Waals surface area contributed by atoms with Crippen LogP contribution >= 0.6 is 11.8 Å². The van der Waals surface area contributed by atoms with Gasteiger partial charge in [0.15, 0.2) is 5.17 Å². The van der Waals surface area contributed by atoms with Crippen LogP contribution in [-0.4, -0.2) is 38.7 Å². The van der Waals surface area contributed by atoms with Crippen LogP contribution in [0.5, 0.6) is 0 Å². The molecule has 0 saturated carbocycles. The average Bonchev–Trinajstić information content (AvgIpc) is 3.29. The minimum atomic E-state index is -0.476. The molecule has 0 aliphatic carbocycles. The first-order chi connectivity index (χ1) is 13.1. The summed E-state index contributed by atoms with van der Waals surface area (Å²) >= 11 is 1.65. The summed E-state index contributed by atoms with van der Waals surface area (Å²) in [6, 6.07) is 15.3. The normalized spacial score (nSPS) is 14.4. The number of benzene rings is 2. The quantitative estimate of drug-likeness (QED) is 0.429. The number of thioether (sulfide) groups is 1. The van der Waals surface area contributed by atoms with Crippen molar-refractivity contribution in [2.75, 3.05) is 18.0 Å². The van der Waals surface area contributed by atoms with E-state index in [0.29, 0.717) is 11.7 Å². The molecule has 0 fully saturated rings. The number of fused-ring (bicyclic) bond motifs is 1. The smallest absolute Gasteiger partial charge is 0.332 e. The lowest BCUT2D eigenvalue weighted by Gasteiger charge is -2.08. The lowest BCUT2D eigenvalue weighted by molar-refractivity contribution is -0.140. The Bertz CT molecular complexity index is 1070. The molecule has 0 bridgehead atoms. The Morgan fingerprint density at radius 1 is 1.22 bits per heavy atom. The lowest BCUT2D eigenvalue weighted by Crippen LogP contribution is -2.10. The Labute approximate surface area is 159 Å². The van der Waals surface area contributed by atoms with E-state index >= 15 is 0 Å². The summed E-state index contributed by atoms with van der Waals surface area (Å²) in [5, 5.41) is 4.91. The van der Waals surface area contributed by atoms with E-state index in [9.17, 15) is 4.79 Å². The highest BCUT2D eigenvalue weighted by Gasteiger charge is 2.18. The molecule has 1 aromatic heterocycles. The minimum absolute atomic E-state index is 0.397. The maximum atomic E-state index is 11.3. The predicted molar refractivity (Wildman–Crippen MR) is 108 cm³/mol. The molecule has 8 heteroatoms. The van der Waals surface area contributed by atoms with E-state index in [2.05, 4.69) is 15.1 Å². The number of hydrogen-bond acceptors (Lipinski definition) is 7. The van der Waals surface area contributed by atoms with Gasteiger partial charge < -0.3 is 10.6 Å². The van der Waals surface area contributed by atoms with Crippen LogP contribution in [0.15, 0.2) is 58.7 Å². The van der Waals surface area contributed by atoms with Crippen LogP contribution in [0, 0.1) is 0 Å². The third-order valence-corrected chi connectivity index (χ3v) is 4.98. The number of aromatic nitrogens is 2. The van der Waals surface area contributed by atoms with Crippen molar-refractivity contribution in [3.05, 3.63) is 59.7 Å². The predicted octanol–water partition coefficient (Wildman–Crippen LogP) is 2.88. The topological polar surface area (TPSA) is 94.9 Å². The van der Waals surface area contributed by atoms with Crippen molar-refractivity contribution >= 4 is 45.6 Å². The first-order valence-electron chi connectivity index (χ1n) is 8.40. The highest BCUT2D eigenvalue weighted by molar-refractivity contribution is 8.14. The number of nitrogens with zero attached hydrogens (tertiary/aromatic N) is 4. The number of hydrogen-bond donors (Lipinski definition) is 1. The first kappa shape index (κ1) is 17.3. The van der Waals surface area contributed by atoms with Crippen molar-refractivity contribution in [3.8, 4) is 0 Å². The Morgan fingerprint density at radius 2 is 2.04 bits per heavy atom. The van der Waals surface area contributed by atoms with Gasteiger partial charge in [-0.25, -0.2) is 9.78 Å². The zero-order valence-corrected chi connectivity index (χ0v) is 15.4. The van der Waals surface area contributed by atoms with Gasteiger partial charge in [-0.15, -0.1) is 0 Å². The third kappa shape index (κ3) is 3.43. The third-order valence-electron chi connectivity index (χ3n) is 4.03. The van der Waals surface area contributed by atoms with Gasteiger partial charge in [0.1, 0.15) is 5.71 Å². The van der Waals surface area contributed by atoms with E-state index in [1.54, 1.807) is 11.8 Å². The molecule has 4 rings (SSSR count). The number of oxime groups is 1. The molecule has 3 aromatic rings. The van der Waals surface area contributed by atoms with Crippen molar-refractivity contribution in [2.24, 2.45) is 10.1 Å². The van der Waals surface area contributed by atoms with E-state index in [-0.39, 0.29) is 0 Å². The van der Waals surface area contributed by atoms with E-state index in [4.69, 9.17) is 10.6 Å². The maximum Gasteiger partial charge on any atom is 0.332 e. The molecule has 2 N–H and O–H groups in total. The average molecular weight is 379 g/mol. The fourth-order valence-corrected chi connectivity index (χ4v) is 3.75. The molecule has 0 unspecified atom stereocenters. The summed E-state index contributed by atoms with van der Waals surface area (Å²) in [5.74, 6) is 0.848. The van der Waals surface area contributed by atoms with Crippen LogP contribution in [0.1, 0.15) is 18.1 Å². The standard InChI is InChI=1S/C19H17N5O2S/c1-12(25)26-23-17(13-5-3-2-4-6-13)14-7-8-15-16(11-14)24(18(20)22-15)19-21-9-10-27-19/h2-8,11H,9-10H2,1H3,(H2,20,22)/b23-17-. The van der Waals surface area contributed by atoms with Crippen LogP contribution < -0.4 is 5.73 Å². The number of nitrogens with two attached hydrogens (primary N) is 1. The Hall–Kier alpha value is -3.13. The second-order valence-electron chi connectivity index (χ2n) is 5.91. The maximum absolute atomic E-state index is 11.3. The summed E-state index contributed by atoms with van der Waals surface area (Å²) < 4.78 is 1.85. The summed E-state index contributed by atoms with van der Waals surface area (Å²) in [6.45, 7) is 2.09. The molecule has 0 amide bonds. The van der Waals surface area contributed by atoms with Gasteiger partial charge in [-0.3, -0.25) is 9.56 Å². The van der Waals surface area contributed by atoms with Crippen molar-refractivity contribution < 1.29 is 9.63 Å². The number of nitrogen functional groups attached to an aromatic ring is 1. The summed E-state index contributed by atoms with van der Waals surface area (Å²) in [6.07, 6.45) is 0. The second kappa shape index (κ2) is 7.24. The van der Waals surface area contributed by atoms with Crippen molar-refractivity contribution in [1.82, 2.24) is 9.55 Å². The number of imidazole rings is 1. The fraction of sp³-hybridized carbons (Fsp3) is 0.158. The zero-order valence-electron chi connectivity index (χ0n) is 14.6. The van der Waals surface area contributed by atoms with Crippen LogP contribution in [0.25, 0.3) is 11.0 Å². The van der Waals surface area contributed by atoms with Gasteiger partial charge in [0.05, 0.1) is 17.6 Å². The number of carbonyl (C=O) groups excluding carboxylic acids is 1. The highest BCUT2D eigenvalue weighted by Crippen LogP contribution is 2.25. The van der Waals surface area contributed by atoms with Gasteiger partial charge in [0.2, 0.25) is 5.95 Å². The molecule has 0 spiro atoms. The van der Waals surface area contributed by atoms with Crippen LogP contribution in [0.2, 0.25) is 0 Å². The molecule has 0 saturated heterocycles. The Kier molecular flexibility index (Phi) is 4.64. The van der Waals surface area contributed by atoms with E-state index < -0.39 is 5.97 Å². The second-order valence-corrected chi connectivity index (χ2v) is 6.97. The van der Waals surface area contributed by atoms with E-state index in [0.717, 1.165) is 39.6 Å². The molecule has 136 valence electrons. The van der Waals surface area contributed by atoms with Crippen LogP contribution in [-0.2, 0) is 9.63 Å². The van der Waals surface area contributed by atoms with Crippen molar-refractivity contribution in [1.29, 1.82) is 0 Å². The van der Waals surface area contributed by atoms with Gasteiger partial charge in [-0.2, -0.15) is 0 Å².